The molecule has 0 aromatic carbocycles. The van der Waals surface area contributed by atoms with Crippen molar-refractivity contribution < 1.29 is 4.52 Å². The maximum atomic E-state index is 5.01. The van der Waals surface area contributed by atoms with Crippen molar-refractivity contribution in [2.45, 2.75) is 19.5 Å². The third-order valence-electron chi connectivity index (χ3n) is 2.09. The van der Waals surface area contributed by atoms with Crippen molar-refractivity contribution in [2.24, 2.45) is 0 Å². The van der Waals surface area contributed by atoms with Gasteiger partial charge < -0.3 is 9.84 Å². The number of thiophene rings is 1. The first kappa shape index (κ1) is 10.9. The summed E-state index contributed by atoms with van der Waals surface area (Å²) in [6.07, 6.45) is 1.66. The fraction of sp³-hybridized carbons (Fsp3) is 0.300. The van der Waals surface area contributed by atoms with Gasteiger partial charge in [-0.15, -0.1) is 11.3 Å². The second-order valence-electron chi connectivity index (χ2n) is 3.25. The van der Waals surface area contributed by atoms with Gasteiger partial charge in [0.2, 0.25) is 0 Å². The van der Waals surface area contributed by atoms with Crippen LogP contribution in [0, 0.1) is 0 Å². The van der Waals surface area contributed by atoms with Crippen LogP contribution in [0.25, 0.3) is 0 Å². The molecule has 1 atom stereocenters. The summed E-state index contributed by atoms with van der Waals surface area (Å²) >= 11 is 5.18. The third-order valence-corrected chi connectivity index (χ3v) is 3.96. The monoisotopic (exact) mass is 286 g/mol. The van der Waals surface area contributed by atoms with Gasteiger partial charge in [-0.05, 0) is 28.9 Å². The maximum absolute atomic E-state index is 5.01. The fourth-order valence-corrected chi connectivity index (χ4v) is 2.72. The van der Waals surface area contributed by atoms with Crippen LogP contribution in [0.15, 0.2) is 32.7 Å². The van der Waals surface area contributed by atoms with Gasteiger partial charge in [0.1, 0.15) is 5.76 Å². The van der Waals surface area contributed by atoms with Crippen LogP contribution < -0.4 is 5.32 Å². The Labute approximate surface area is 101 Å². The molecule has 1 N–H and O–H groups in total. The van der Waals surface area contributed by atoms with Crippen molar-refractivity contribution in [3.63, 3.8) is 0 Å². The zero-order valence-corrected chi connectivity index (χ0v) is 10.6. The van der Waals surface area contributed by atoms with E-state index < -0.39 is 0 Å². The molecule has 15 heavy (non-hydrogen) atoms. The minimum atomic E-state index is 0.325. The van der Waals surface area contributed by atoms with Gasteiger partial charge in [-0.25, -0.2) is 0 Å². The van der Waals surface area contributed by atoms with Gasteiger partial charge in [0.25, 0.3) is 0 Å². The Morgan fingerprint density at radius 3 is 3.13 bits per heavy atom. The average Bonchev–Trinajstić information content (AvgIpc) is 2.84. The normalized spacial score (nSPS) is 12.9. The predicted molar refractivity (Wildman–Crippen MR) is 63.8 cm³/mol. The Balaban J connectivity index is 1.90. The minimum absolute atomic E-state index is 0.325. The van der Waals surface area contributed by atoms with Gasteiger partial charge in [-0.2, -0.15) is 0 Å². The third kappa shape index (κ3) is 2.90. The summed E-state index contributed by atoms with van der Waals surface area (Å²) in [4.78, 5) is 1.31. The van der Waals surface area contributed by atoms with Crippen LogP contribution >= 0.6 is 27.3 Å². The van der Waals surface area contributed by atoms with Crippen LogP contribution in [0.5, 0.6) is 0 Å². The van der Waals surface area contributed by atoms with E-state index in [0.717, 1.165) is 10.2 Å². The summed E-state index contributed by atoms with van der Waals surface area (Å²) < 4.78 is 6.14. The fourth-order valence-electron chi connectivity index (χ4n) is 1.24. The first-order valence-corrected chi connectivity index (χ1v) is 6.30. The Bertz CT molecular complexity index is 413. The van der Waals surface area contributed by atoms with Crippen LogP contribution in [-0.2, 0) is 6.54 Å². The predicted octanol–water partition coefficient (Wildman–Crippen LogP) is 3.35. The first-order valence-electron chi connectivity index (χ1n) is 4.62. The molecule has 0 bridgehead atoms. The number of rotatable bonds is 4. The number of hydrogen-bond donors (Lipinski definition) is 1. The second kappa shape index (κ2) is 4.92. The van der Waals surface area contributed by atoms with E-state index in [2.05, 4.69) is 44.8 Å². The highest BCUT2D eigenvalue weighted by Crippen LogP contribution is 2.25. The lowest BCUT2D eigenvalue weighted by Gasteiger charge is -2.09. The molecule has 5 heteroatoms. The molecule has 0 aliphatic heterocycles. The number of nitrogens with one attached hydrogen (secondary N) is 1. The smallest absolute Gasteiger partial charge is 0.150 e. The van der Waals surface area contributed by atoms with Gasteiger partial charge in [0.15, 0.2) is 0 Å². The Hall–Kier alpha value is -0.650. The SMILES string of the molecule is CC(NCc1ccno1)c1cc(Br)cs1. The molecule has 2 heterocycles. The van der Waals surface area contributed by atoms with Gasteiger partial charge >= 0.3 is 0 Å². The van der Waals surface area contributed by atoms with E-state index in [4.69, 9.17) is 4.52 Å². The van der Waals surface area contributed by atoms with Crippen molar-refractivity contribution in [3.8, 4) is 0 Å². The summed E-state index contributed by atoms with van der Waals surface area (Å²) in [5.41, 5.74) is 0. The molecule has 0 aliphatic rings. The standard InChI is InChI=1S/C10H11BrN2OS/c1-7(10-4-8(11)6-15-10)12-5-9-2-3-13-14-9/h2-4,6-7,12H,5H2,1H3. The molecule has 0 saturated heterocycles. The zero-order chi connectivity index (χ0) is 10.7. The summed E-state index contributed by atoms with van der Waals surface area (Å²) in [7, 11) is 0. The molecule has 0 aliphatic carbocycles. The summed E-state index contributed by atoms with van der Waals surface area (Å²) in [5, 5.41) is 9.11. The number of halogens is 1. The summed E-state index contributed by atoms with van der Waals surface area (Å²) in [6.45, 7) is 2.84. The van der Waals surface area contributed by atoms with Crippen molar-refractivity contribution >= 4 is 27.3 Å². The highest BCUT2D eigenvalue weighted by Gasteiger charge is 2.08. The average molecular weight is 287 g/mol. The number of nitrogens with zero attached hydrogens (tertiary/aromatic N) is 1. The number of hydrogen-bond acceptors (Lipinski definition) is 4. The molecule has 2 aromatic rings. The first-order chi connectivity index (χ1) is 7.25. The second-order valence-corrected chi connectivity index (χ2v) is 5.11. The molecule has 2 rings (SSSR count). The molecule has 0 saturated carbocycles. The quantitative estimate of drug-likeness (QED) is 0.937. The van der Waals surface area contributed by atoms with E-state index in [-0.39, 0.29) is 0 Å². The zero-order valence-electron chi connectivity index (χ0n) is 8.24. The van der Waals surface area contributed by atoms with Crippen LogP contribution in [0.4, 0.5) is 0 Å². The molecule has 1 unspecified atom stereocenters. The molecular weight excluding hydrogens is 276 g/mol. The molecule has 0 spiro atoms. The van der Waals surface area contributed by atoms with Crippen LogP contribution in [0.1, 0.15) is 23.6 Å². The highest BCUT2D eigenvalue weighted by atomic mass is 79.9. The van der Waals surface area contributed by atoms with E-state index in [9.17, 15) is 0 Å². The topological polar surface area (TPSA) is 38.1 Å². The molecule has 80 valence electrons. The highest BCUT2D eigenvalue weighted by molar-refractivity contribution is 9.10. The summed E-state index contributed by atoms with van der Waals surface area (Å²) in [6, 6.07) is 4.32. The van der Waals surface area contributed by atoms with Crippen LogP contribution in [0.2, 0.25) is 0 Å². The Morgan fingerprint density at radius 1 is 1.67 bits per heavy atom. The van der Waals surface area contributed by atoms with Crippen molar-refractivity contribution in [1.82, 2.24) is 10.5 Å². The van der Waals surface area contributed by atoms with Gasteiger partial charge in [0.05, 0.1) is 12.7 Å². The van der Waals surface area contributed by atoms with E-state index in [0.29, 0.717) is 12.6 Å². The van der Waals surface area contributed by atoms with Crippen LogP contribution in [-0.4, -0.2) is 5.16 Å². The lowest BCUT2D eigenvalue weighted by atomic mass is 10.2. The Morgan fingerprint density at radius 2 is 2.53 bits per heavy atom. The van der Waals surface area contributed by atoms with E-state index in [1.54, 1.807) is 17.5 Å². The van der Waals surface area contributed by atoms with Crippen molar-refractivity contribution in [1.29, 1.82) is 0 Å². The lowest BCUT2D eigenvalue weighted by molar-refractivity contribution is 0.366. The molecule has 3 nitrogen and oxygen atoms in total. The minimum Gasteiger partial charge on any atom is -0.360 e. The van der Waals surface area contributed by atoms with Gasteiger partial charge in [-0.3, -0.25) is 0 Å². The molecule has 2 aromatic heterocycles. The van der Waals surface area contributed by atoms with Gasteiger partial charge in [-0.1, -0.05) is 5.16 Å². The molecule has 0 radical (unpaired) electrons. The molecular formula is C10H11BrN2OS. The number of aromatic nitrogens is 1. The van der Waals surface area contributed by atoms with Crippen molar-refractivity contribution in [2.75, 3.05) is 0 Å². The maximum Gasteiger partial charge on any atom is 0.150 e. The van der Waals surface area contributed by atoms with E-state index in [1.165, 1.54) is 4.88 Å². The Kier molecular flexibility index (Phi) is 3.56. The van der Waals surface area contributed by atoms with Crippen molar-refractivity contribution in [3.05, 3.63) is 38.8 Å². The summed E-state index contributed by atoms with van der Waals surface area (Å²) in [5.74, 6) is 0.859. The lowest BCUT2D eigenvalue weighted by Crippen LogP contribution is -2.16. The van der Waals surface area contributed by atoms with Gasteiger partial charge in [0, 0.05) is 26.8 Å². The molecule has 0 fully saturated rings. The molecule has 0 amide bonds. The largest absolute Gasteiger partial charge is 0.360 e. The van der Waals surface area contributed by atoms with E-state index >= 15 is 0 Å². The van der Waals surface area contributed by atoms with E-state index in [1.807, 2.05) is 6.07 Å². The van der Waals surface area contributed by atoms with Crippen LogP contribution in [0.3, 0.4) is 0 Å².